The fraction of sp³-hybridized carbons (Fsp3) is 0.962. The molecule has 7 nitrogen and oxygen atoms in total. The summed E-state index contributed by atoms with van der Waals surface area (Å²) in [5.41, 5.74) is 0.411. The SMILES string of the molecule is CC(CCC(=O)NCCS(=O)(=O)O)[C@H]1CCC2C3C(O)CC4C[C@H](O)CC[C@]4(C)C3CC[C@@]21C. The molecule has 0 aliphatic heterocycles. The number of carbonyl (C=O) groups excluding carboxylic acids is 1. The van der Waals surface area contributed by atoms with E-state index in [9.17, 15) is 23.4 Å². The smallest absolute Gasteiger partial charge is 0.266 e. The van der Waals surface area contributed by atoms with Gasteiger partial charge in [-0.25, -0.2) is 0 Å². The molecule has 4 aliphatic carbocycles. The van der Waals surface area contributed by atoms with E-state index in [1.807, 2.05) is 0 Å². The molecule has 0 aromatic heterocycles. The topological polar surface area (TPSA) is 124 Å². The molecule has 10 atom stereocenters. The Morgan fingerprint density at radius 1 is 1.03 bits per heavy atom. The van der Waals surface area contributed by atoms with E-state index in [-0.39, 0.29) is 35.5 Å². The third-order valence-corrected chi connectivity index (χ3v) is 11.6. The average molecular weight is 500 g/mol. The van der Waals surface area contributed by atoms with Crippen LogP contribution in [0.15, 0.2) is 0 Å². The predicted molar refractivity (Wildman–Crippen MR) is 130 cm³/mol. The molecule has 0 spiro atoms. The summed E-state index contributed by atoms with van der Waals surface area (Å²) < 4.78 is 30.5. The molecule has 4 N–H and O–H groups in total. The van der Waals surface area contributed by atoms with Crippen molar-refractivity contribution in [3.05, 3.63) is 0 Å². The second-order valence-corrected chi connectivity index (χ2v) is 14.2. The first-order valence-electron chi connectivity index (χ1n) is 13.4. The van der Waals surface area contributed by atoms with Gasteiger partial charge in [0, 0.05) is 13.0 Å². The molecule has 6 unspecified atom stereocenters. The maximum absolute atomic E-state index is 12.2. The van der Waals surface area contributed by atoms with Gasteiger partial charge in [0.1, 0.15) is 0 Å². The lowest BCUT2D eigenvalue weighted by molar-refractivity contribution is -0.174. The number of aliphatic hydroxyl groups is 2. The molecule has 4 fully saturated rings. The van der Waals surface area contributed by atoms with Gasteiger partial charge in [-0.1, -0.05) is 20.8 Å². The quantitative estimate of drug-likeness (QED) is 0.398. The van der Waals surface area contributed by atoms with Crippen LogP contribution in [0.4, 0.5) is 0 Å². The van der Waals surface area contributed by atoms with Gasteiger partial charge in [0.05, 0.1) is 18.0 Å². The van der Waals surface area contributed by atoms with Crippen LogP contribution in [0.3, 0.4) is 0 Å². The molecular formula is C26H45NO6S. The average Bonchev–Trinajstić information content (AvgIpc) is 3.09. The Kier molecular flexibility index (Phi) is 7.47. The van der Waals surface area contributed by atoms with Crippen molar-refractivity contribution in [2.75, 3.05) is 12.3 Å². The molecular weight excluding hydrogens is 454 g/mol. The Morgan fingerprint density at radius 3 is 2.41 bits per heavy atom. The second kappa shape index (κ2) is 9.64. The molecule has 8 heteroatoms. The molecule has 4 rings (SSSR count). The van der Waals surface area contributed by atoms with Gasteiger partial charge in [0.15, 0.2) is 0 Å². The highest BCUT2D eigenvalue weighted by Gasteiger charge is 2.62. The van der Waals surface area contributed by atoms with Gasteiger partial charge in [0.2, 0.25) is 5.91 Å². The largest absolute Gasteiger partial charge is 0.393 e. The third kappa shape index (κ3) is 4.94. The van der Waals surface area contributed by atoms with Crippen molar-refractivity contribution in [3.63, 3.8) is 0 Å². The predicted octanol–water partition coefficient (Wildman–Crippen LogP) is 3.40. The van der Waals surface area contributed by atoms with Gasteiger partial charge < -0.3 is 15.5 Å². The lowest BCUT2D eigenvalue weighted by atomic mass is 9.43. The van der Waals surface area contributed by atoms with Crippen LogP contribution in [0.5, 0.6) is 0 Å². The first-order chi connectivity index (χ1) is 15.8. The Labute approximate surface area is 205 Å². The van der Waals surface area contributed by atoms with Crippen LogP contribution in [0.25, 0.3) is 0 Å². The lowest BCUT2D eigenvalue weighted by Crippen LogP contribution is -2.58. The summed E-state index contributed by atoms with van der Waals surface area (Å²) >= 11 is 0. The fourth-order valence-corrected chi connectivity index (χ4v) is 9.50. The van der Waals surface area contributed by atoms with E-state index in [0.29, 0.717) is 41.9 Å². The van der Waals surface area contributed by atoms with E-state index < -0.39 is 15.9 Å². The summed E-state index contributed by atoms with van der Waals surface area (Å²) in [5, 5.41) is 24.2. The Bertz CT molecular complexity index is 863. The van der Waals surface area contributed by atoms with E-state index in [1.54, 1.807) is 0 Å². The van der Waals surface area contributed by atoms with Crippen molar-refractivity contribution in [2.45, 2.75) is 97.2 Å². The number of nitrogens with one attached hydrogen (secondary N) is 1. The molecule has 0 heterocycles. The molecule has 0 radical (unpaired) electrons. The second-order valence-electron chi connectivity index (χ2n) is 12.6. The van der Waals surface area contributed by atoms with Crippen LogP contribution >= 0.6 is 0 Å². The van der Waals surface area contributed by atoms with Crippen molar-refractivity contribution in [2.24, 2.45) is 46.3 Å². The number of hydrogen-bond donors (Lipinski definition) is 4. The van der Waals surface area contributed by atoms with Gasteiger partial charge in [-0.2, -0.15) is 8.42 Å². The van der Waals surface area contributed by atoms with Crippen molar-refractivity contribution in [3.8, 4) is 0 Å². The van der Waals surface area contributed by atoms with Crippen LogP contribution in [-0.2, 0) is 14.9 Å². The van der Waals surface area contributed by atoms with E-state index in [2.05, 4.69) is 26.1 Å². The molecule has 1 amide bonds. The molecule has 0 saturated heterocycles. The minimum absolute atomic E-state index is 0.0625. The van der Waals surface area contributed by atoms with Crippen LogP contribution in [0.1, 0.15) is 85.0 Å². The number of amides is 1. The lowest BCUT2D eigenvalue weighted by Gasteiger charge is -2.62. The van der Waals surface area contributed by atoms with Crippen LogP contribution < -0.4 is 5.32 Å². The minimum Gasteiger partial charge on any atom is -0.393 e. The van der Waals surface area contributed by atoms with Crippen LogP contribution in [0.2, 0.25) is 0 Å². The van der Waals surface area contributed by atoms with Gasteiger partial charge in [0.25, 0.3) is 10.1 Å². The minimum atomic E-state index is -4.06. The van der Waals surface area contributed by atoms with Crippen LogP contribution in [-0.4, -0.2) is 53.6 Å². The number of hydrogen-bond acceptors (Lipinski definition) is 5. The van der Waals surface area contributed by atoms with E-state index in [4.69, 9.17) is 4.55 Å². The zero-order valence-electron chi connectivity index (χ0n) is 21.1. The Balaban J connectivity index is 1.39. The summed E-state index contributed by atoms with van der Waals surface area (Å²) in [6, 6.07) is 0. The molecule has 4 aliphatic rings. The summed E-state index contributed by atoms with van der Waals surface area (Å²) in [7, 11) is -4.06. The fourth-order valence-electron chi connectivity index (χ4n) is 9.14. The van der Waals surface area contributed by atoms with E-state index in [0.717, 1.165) is 51.4 Å². The molecule has 34 heavy (non-hydrogen) atoms. The highest BCUT2D eigenvalue weighted by Crippen LogP contribution is 2.68. The number of fused-ring (bicyclic) bond motifs is 5. The summed E-state index contributed by atoms with van der Waals surface area (Å²) in [6.07, 6.45) is 8.87. The monoisotopic (exact) mass is 499 g/mol. The molecule has 196 valence electrons. The maximum Gasteiger partial charge on any atom is 0.266 e. The normalized spacial score (nSPS) is 45.1. The first-order valence-corrected chi connectivity index (χ1v) is 15.0. The highest BCUT2D eigenvalue weighted by molar-refractivity contribution is 7.85. The van der Waals surface area contributed by atoms with Gasteiger partial charge >= 0.3 is 0 Å². The molecule has 0 bridgehead atoms. The van der Waals surface area contributed by atoms with E-state index >= 15 is 0 Å². The Hall–Kier alpha value is -0.700. The van der Waals surface area contributed by atoms with Gasteiger partial charge in [-0.3, -0.25) is 9.35 Å². The zero-order valence-corrected chi connectivity index (χ0v) is 21.9. The van der Waals surface area contributed by atoms with Crippen molar-refractivity contribution < 1.29 is 28.0 Å². The maximum atomic E-state index is 12.2. The number of aliphatic hydroxyl groups excluding tert-OH is 2. The number of carbonyl (C=O) groups is 1. The summed E-state index contributed by atoms with van der Waals surface area (Å²) in [5.74, 6) is 2.10. The molecule has 0 aromatic carbocycles. The van der Waals surface area contributed by atoms with Crippen molar-refractivity contribution >= 4 is 16.0 Å². The van der Waals surface area contributed by atoms with Gasteiger partial charge in [-0.05, 0) is 104 Å². The van der Waals surface area contributed by atoms with Crippen molar-refractivity contribution in [1.82, 2.24) is 5.32 Å². The third-order valence-electron chi connectivity index (χ3n) is 10.9. The highest BCUT2D eigenvalue weighted by atomic mass is 32.2. The van der Waals surface area contributed by atoms with Crippen LogP contribution in [0, 0.1) is 46.3 Å². The standard InChI is InChI=1S/C26H45NO6S/c1-16(4-7-23(30)27-12-13-34(31,32)33)19-5-6-20-24-21(9-11-26(19,20)3)25(2)10-8-18(28)14-17(25)15-22(24)29/h16-22,24,28-29H,4-15H2,1-3H3,(H,27,30)(H,31,32,33)/t16?,17?,18-,19-,20?,21?,22?,24?,25+,26-/m1/s1. The molecule has 4 saturated carbocycles. The summed E-state index contributed by atoms with van der Waals surface area (Å²) in [6.45, 7) is 7.05. The number of rotatable bonds is 7. The Morgan fingerprint density at radius 2 is 1.71 bits per heavy atom. The summed E-state index contributed by atoms with van der Waals surface area (Å²) in [4.78, 5) is 12.2. The first kappa shape index (κ1) is 26.4. The molecule has 0 aromatic rings. The van der Waals surface area contributed by atoms with Crippen molar-refractivity contribution in [1.29, 1.82) is 0 Å². The zero-order chi connectivity index (χ0) is 24.9. The van der Waals surface area contributed by atoms with Gasteiger partial charge in [-0.15, -0.1) is 0 Å². The van der Waals surface area contributed by atoms with E-state index in [1.165, 1.54) is 6.42 Å².